The van der Waals surface area contributed by atoms with E-state index in [1.54, 1.807) is 11.5 Å². The second-order valence-electron chi connectivity index (χ2n) is 9.29. The predicted molar refractivity (Wildman–Crippen MR) is 183 cm³/mol. The Morgan fingerprint density at radius 1 is 1.07 bits per heavy atom. The van der Waals surface area contributed by atoms with Gasteiger partial charge in [0.1, 0.15) is 5.82 Å². The molecule has 7 nitrogen and oxygen atoms in total. The number of pyridine rings is 1. The topological polar surface area (TPSA) is 97.2 Å². The van der Waals surface area contributed by atoms with E-state index < -0.39 is 0 Å². The number of hydrogen-bond donors (Lipinski definition) is 2. The van der Waals surface area contributed by atoms with Gasteiger partial charge in [-0.3, -0.25) is 9.36 Å². The van der Waals surface area contributed by atoms with Gasteiger partial charge in [0.25, 0.3) is 0 Å². The lowest BCUT2D eigenvalue weighted by Crippen LogP contribution is -2.25. The fourth-order valence-corrected chi connectivity index (χ4v) is 4.25. The number of rotatable bonds is 11. The lowest BCUT2D eigenvalue weighted by Gasteiger charge is -2.24. The van der Waals surface area contributed by atoms with Crippen LogP contribution in [-0.2, 0) is 6.42 Å². The molecule has 0 fully saturated rings. The van der Waals surface area contributed by atoms with Crippen LogP contribution in [-0.4, -0.2) is 41.4 Å². The Bertz CT molecular complexity index is 1220. The second-order valence-corrected chi connectivity index (χ2v) is 9.29. The van der Waals surface area contributed by atoms with Crippen LogP contribution in [0.15, 0.2) is 48.7 Å². The van der Waals surface area contributed by atoms with Crippen LogP contribution in [0.3, 0.4) is 0 Å². The van der Waals surface area contributed by atoms with Crippen molar-refractivity contribution in [2.24, 2.45) is 0 Å². The number of nitrogens with zero attached hydrogens (tertiary/aromatic N) is 3. The number of aryl methyl sites for hydroxylation is 1. The van der Waals surface area contributed by atoms with Crippen LogP contribution in [0.25, 0.3) is 6.08 Å². The molecule has 3 N–H and O–H groups in total. The van der Waals surface area contributed by atoms with E-state index in [1.807, 2.05) is 103 Å². The van der Waals surface area contributed by atoms with Crippen molar-refractivity contribution < 1.29 is 9.53 Å². The lowest BCUT2D eigenvalue weighted by atomic mass is 10.1. The third kappa shape index (κ3) is 12.8. The van der Waals surface area contributed by atoms with Crippen molar-refractivity contribution in [3.8, 4) is 5.88 Å². The highest BCUT2D eigenvalue weighted by Crippen LogP contribution is 2.24. The smallest absolute Gasteiger partial charge is 0.227 e. The first kappa shape index (κ1) is 38.1. The van der Waals surface area contributed by atoms with Crippen molar-refractivity contribution in [1.29, 1.82) is 5.41 Å². The molecule has 0 aliphatic heterocycles. The molecule has 3 aromatic rings. The first-order chi connectivity index (χ1) is 20.2. The number of carbonyl (C=O) groups is 1. The molecule has 7 heteroatoms. The number of anilines is 2. The molecule has 0 radical (unpaired) electrons. The van der Waals surface area contributed by atoms with Gasteiger partial charge in [-0.2, -0.15) is 4.98 Å². The summed E-state index contributed by atoms with van der Waals surface area (Å²) in [4.78, 5) is 18.6. The van der Waals surface area contributed by atoms with Crippen molar-refractivity contribution in [3.63, 3.8) is 0 Å². The molecule has 0 aliphatic carbocycles. The van der Waals surface area contributed by atoms with Crippen molar-refractivity contribution >= 4 is 29.7 Å². The summed E-state index contributed by atoms with van der Waals surface area (Å²) < 4.78 is 7.62. The summed E-state index contributed by atoms with van der Waals surface area (Å²) in [5.74, 6) is 1.00. The van der Waals surface area contributed by atoms with Gasteiger partial charge < -0.3 is 20.8 Å². The number of benzene rings is 1. The Hall–Kier alpha value is -3.87. The molecule has 0 bridgehead atoms. The van der Waals surface area contributed by atoms with Gasteiger partial charge in [0.05, 0.1) is 12.3 Å². The Morgan fingerprint density at radius 3 is 2.21 bits per heavy atom. The van der Waals surface area contributed by atoms with Gasteiger partial charge in [0.15, 0.2) is 0 Å². The van der Waals surface area contributed by atoms with Crippen molar-refractivity contribution in [2.45, 2.75) is 88.5 Å². The van der Waals surface area contributed by atoms with E-state index in [4.69, 9.17) is 15.9 Å². The molecule has 0 aliphatic rings. The number of hydrogen-bond acceptors (Lipinski definition) is 6. The Morgan fingerprint density at radius 2 is 1.71 bits per heavy atom. The number of nitrogen functional groups attached to an aromatic ring is 1. The molecular formula is C35H55N5O2. The van der Waals surface area contributed by atoms with Crippen LogP contribution in [0, 0.1) is 19.3 Å². The van der Waals surface area contributed by atoms with Gasteiger partial charge in [-0.15, -0.1) is 0 Å². The Kier molecular flexibility index (Phi) is 19.8. The molecule has 0 unspecified atom stereocenters. The van der Waals surface area contributed by atoms with Gasteiger partial charge in [-0.1, -0.05) is 77.4 Å². The van der Waals surface area contributed by atoms with Crippen LogP contribution < -0.4 is 15.4 Å². The maximum Gasteiger partial charge on any atom is 0.227 e. The molecule has 232 valence electrons. The zero-order chi connectivity index (χ0) is 32.1. The fraction of sp³-hybridized carbons (Fsp3) is 0.457. The minimum absolute atomic E-state index is 0.00227. The van der Waals surface area contributed by atoms with E-state index >= 15 is 0 Å². The zero-order valence-corrected chi connectivity index (χ0v) is 27.8. The minimum atomic E-state index is 0.00227. The third-order valence-electron chi connectivity index (χ3n) is 6.06. The first-order valence-corrected chi connectivity index (χ1v) is 15.3. The van der Waals surface area contributed by atoms with Gasteiger partial charge in [0, 0.05) is 56.7 Å². The number of nitrogens with two attached hydrogens (primary N) is 1. The average Bonchev–Trinajstić information content (AvgIpc) is 3.30. The molecule has 0 spiro atoms. The van der Waals surface area contributed by atoms with E-state index in [-0.39, 0.29) is 5.91 Å². The third-order valence-corrected chi connectivity index (χ3v) is 6.06. The van der Waals surface area contributed by atoms with Crippen molar-refractivity contribution in [2.75, 3.05) is 30.3 Å². The lowest BCUT2D eigenvalue weighted by molar-refractivity contribution is 0.0936. The number of ether oxygens (including phenoxy) is 1. The van der Waals surface area contributed by atoms with Crippen LogP contribution in [0.4, 0.5) is 11.5 Å². The van der Waals surface area contributed by atoms with E-state index in [0.717, 1.165) is 54.0 Å². The van der Waals surface area contributed by atoms with E-state index in [0.29, 0.717) is 24.7 Å². The molecule has 0 saturated carbocycles. The van der Waals surface area contributed by atoms with Gasteiger partial charge in [0.2, 0.25) is 11.8 Å². The molecule has 3 rings (SSSR count). The summed E-state index contributed by atoms with van der Waals surface area (Å²) in [6, 6.07) is 11.7. The molecule has 0 saturated heterocycles. The summed E-state index contributed by atoms with van der Waals surface area (Å²) in [6.45, 7) is 22.3. The van der Waals surface area contributed by atoms with Crippen LogP contribution in [0.1, 0.15) is 101 Å². The monoisotopic (exact) mass is 577 g/mol. The van der Waals surface area contributed by atoms with E-state index in [1.165, 1.54) is 11.8 Å². The van der Waals surface area contributed by atoms with Gasteiger partial charge >= 0.3 is 0 Å². The number of nitrogens with one attached hydrogen (secondary N) is 1. The molecular weight excluding hydrogens is 522 g/mol. The highest BCUT2D eigenvalue weighted by atomic mass is 16.5. The maximum absolute atomic E-state index is 11.9. The van der Waals surface area contributed by atoms with Crippen LogP contribution in [0.5, 0.6) is 5.88 Å². The quantitative estimate of drug-likeness (QED) is 0.222. The maximum atomic E-state index is 11.9. The van der Waals surface area contributed by atoms with Gasteiger partial charge in [-0.25, -0.2) is 0 Å². The Labute approximate surface area is 255 Å². The van der Waals surface area contributed by atoms with Crippen LogP contribution in [0.2, 0.25) is 0 Å². The van der Waals surface area contributed by atoms with E-state index in [2.05, 4.69) is 23.7 Å². The van der Waals surface area contributed by atoms with E-state index in [9.17, 15) is 4.79 Å². The first-order valence-electron chi connectivity index (χ1n) is 15.3. The minimum Gasteiger partial charge on any atom is -0.477 e. The normalized spacial score (nSPS) is 9.95. The number of carbonyl (C=O) groups excluding carboxylic acids is 1. The number of allylic oxidation sites excluding steroid dienone is 1. The summed E-state index contributed by atoms with van der Waals surface area (Å²) in [7, 11) is 0. The van der Waals surface area contributed by atoms with Gasteiger partial charge in [-0.05, 0) is 56.4 Å². The van der Waals surface area contributed by atoms with Crippen LogP contribution >= 0.6 is 0 Å². The van der Waals surface area contributed by atoms with Crippen molar-refractivity contribution in [3.05, 3.63) is 76.6 Å². The summed E-state index contributed by atoms with van der Waals surface area (Å²) >= 11 is 0. The molecule has 2 aromatic heterocycles. The molecule has 2 heterocycles. The SMILES string of the molecule is C/C=C\c1c(C)c(CCOc2cc(N(CCC)CCC)cc(N)n2)cn1C(C)=O.CC.CC.Cc1cccc(C=N)c1. The largest absolute Gasteiger partial charge is 0.477 e. The predicted octanol–water partition coefficient (Wildman–Crippen LogP) is 8.76. The molecule has 0 amide bonds. The molecule has 42 heavy (non-hydrogen) atoms. The van der Waals surface area contributed by atoms with Crippen molar-refractivity contribution in [1.82, 2.24) is 9.55 Å². The fourth-order valence-electron chi connectivity index (χ4n) is 4.25. The zero-order valence-electron chi connectivity index (χ0n) is 27.8. The number of aromatic nitrogens is 2. The molecule has 1 aromatic carbocycles. The standard InChI is InChI=1S/C23H34N4O2.C8H9N.2C2H6/c1-6-9-21-17(4)19(16-27(21)18(5)28)10-13-29-23-15-20(14-22(24)25-23)26(11-7-2)12-8-3;1-7-3-2-4-8(5-7)6-9;2*1-2/h6,9,14-16H,7-8,10-13H2,1-5H3,(H2,24,25);2-6,9H,1H3;2*1-2H3/b9-6-;;;. The Balaban J connectivity index is 0.00000108. The summed E-state index contributed by atoms with van der Waals surface area (Å²) in [5.41, 5.74) is 12.4. The highest BCUT2D eigenvalue weighted by Gasteiger charge is 2.14. The summed E-state index contributed by atoms with van der Waals surface area (Å²) in [5, 5.41) is 6.92. The summed E-state index contributed by atoms with van der Waals surface area (Å²) in [6.07, 6.45) is 9.99. The average molecular weight is 578 g/mol. The molecule has 0 atom stereocenters. The second kappa shape index (κ2) is 21.8. The highest BCUT2D eigenvalue weighted by molar-refractivity contribution is 5.80.